The van der Waals surface area contributed by atoms with Gasteiger partial charge in [0.1, 0.15) is 5.41 Å². The molecule has 3 aromatic rings. The average Bonchev–Trinajstić information content (AvgIpc) is 3.35. The number of nitrogens with zero attached hydrogens (tertiary/aromatic N) is 1. The van der Waals surface area contributed by atoms with E-state index in [-0.39, 0.29) is 24.2 Å². The molecule has 1 saturated heterocycles. The van der Waals surface area contributed by atoms with Crippen LogP contribution >= 0.6 is 11.3 Å². The molecular formula is C30H32N2O4S. The van der Waals surface area contributed by atoms with E-state index in [4.69, 9.17) is 4.74 Å². The minimum Gasteiger partial charge on any atom is -0.468 e. The molecule has 37 heavy (non-hydrogen) atoms. The van der Waals surface area contributed by atoms with Crippen LogP contribution in [0.4, 0.5) is 0 Å². The van der Waals surface area contributed by atoms with Crippen LogP contribution in [-0.4, -0.2) is 29.8 Å². The highest BCUT2D eigenvalue weighted by molar-refractivity contribution is 7.09. The van der Waals surface area contributed by atoms with E-state index in [9.17, 15) is 14.4 Å². The van der Waals surface area contributed by atoms with E-state index < -0.39 is 11.3 Å². The second kappa shape index (κ2) is 10.9. The Balaban J connectivity index is 1.49. The molecule has 0 radical (unpaired) electrons. The van der Waals surface area contributed by atoms with Crippen molar-refractivity contribution in [1.29, 1.82) is 0 Å². The van der Waals surface area contributed by atoms with Crippen LogP contribution in [0.25, 0.3) is 10.8 Å². The fraction of sp³-hybridized carbons (Fsp3) is 0.367. The minimum absolute atomic E-state index is 0.0439. The van der Waals surface area contributed by atoms with Gasteiger partial charge in [-0.2, -0.15) is 0 Å². The van der Waals surface area contributed by atoms with E-state index in [1.165, 1.54) is 7.11 Å². The van der Waals surface area contributed by atoms with Gasteiger partial charge in [0.2, 0.25) is 11.8 Å². The average molecular weight is 517 g/mol. The Morgan fingerprint density at radius 3 is 2.76 bits per heavy atom. The summed E-state index contributed by atoms with van der Waals surface area (Å²) in [5.74, 6) is -1.21. The number of ether oxygens (including phenoxy) is 1. The first-order valence-corrected chi connectivity index (χ1v) is 13.8. The Hall–Kier alpha value is -3.45. The van der Waals surface area contributed by atoms with Crippen molar-refractivity contribution in [1.82, 2.24) is 10.2 Å². The number of hydrogen-bond acceptors (Lipinski definition) is 5. The maximum Gasteiger partial charge on any atom is 0.317 e. The van der Waals surface area contributed by atoms with Crippen LogP contribution in [0.3, 0.4) is 0 Å². The fourth-order valence-corrected chi connectivity index (χ4v) is 6.50. The third-order valence-corrected chi connectivity index (χ3v) is 8.52. The van der Waals surface area contributed by atoms with E-state index in [2.05, 4.69) is 29.6 Å². The number of fused-ring (bicyclic) bond motifs is 2. The van der Waals surface area contributed by atoms with Gasteiger partial charge in [0, 0.05) is 22.9 Å². The summed E-state index contributed by atoms with van der Waals surface area (Å²) >= 11 is 1.58. The topological polar surface area (TPSA) is 75.7 Å². The number of likely N-dealkylation sites (tertiary alicyclic amines) is 1. The summed E-state index contributed by atoms with van der Waals surface area (Å²) < 4.78 is 5.34. The maximum atomic E-state index is 14.0. The third kappa shape index (κ3) is 5.05. The Labute approximate surface area is 221 Å². The highest BCUT2D eigenvalue weighted by Crippen LogP contribution is 2.50. The third-order valence-electron chi connectivity index (χ3n) is 7.64. The summed E-state index contributed by atoms with van der Waals surface area (Å²) in [6.07, 6.45) is 5.62. The first-order valence-electron chi connectivity index (χ1n) is 12.9. The zero-order valence-corrected chi connectivity index (χ0v) is 21.9. The van der Waals surface area contributed by atoms with Gasteiger partial charge in [-0.05, 0) is 53.5 Å². The Bertz CT molecular complexity index is 1330. The van der Waals surface area contributed by atoms with Gasteiger partial charge in [-0.1, -0.05) is 61.0 Å². The highest BCUT2D eigenvalue weighted by Gasteiger charge is 2.53. The van der Waals surface area contributed by atoms with Gasteiger partial charge < -0.3 is 15.0 Å². The molecule has 2 amide bonds. The zero-order chi connectivity index (χ0) is 25.8. The second-order valence-corrected chi connectivity index (χ2v) is 11.0. The molecule has 1 fully saturated rings. The molecule has 0 spiro atoms. The number of esters is 1. The molecule has 1 aliphatic heterocycles. The van der Waals surface area contributed by atoms with E-state index >= 15 is 0 Å². The van der Waals surface area contributed by atoms with Gasteiger partial charge in [0.05, 0.1) is 20.2 Å². The van der Waals surface area contributed by atoms with Crippen LogP contribution in [0.2, 0.25) is 0 Å². The summed E-state index contributed by atoms with van der Waals surface area (Å²) in [5, 5.41) is 7.10. The van der Waals surface area contributed by atoms with E-state index in [0.717, 1.165) is 46.2 Å². The van der Waals surface area contributed by atoms with Crippen LogP contribution < -0.4 is 5.32 Å². The number of carbonyl (C=O) groups is 3. The van der Waals surface area contributed by atoms with Gasteiger partial charge in [0.25, 0.3) is 0 Å². The molecule has 2 atom stereocenters. The predicted octanol–water partition coefficient (Wildman–Crippen LogP) is 5.57. The number of nitrogens with one attached hydrogen (secondary N) is 1. The lowest BCUT2D eigenvalue weighted by Gasteiger charge is -2.46. The predicted molar refractivity (Wildman–Crippen MR) is 144 cm³/mol. The molecule has 6 nitrogen and oxygen atoms in total. The Morgan fingerprint density at radius 1 is 1.11 bits per heavy atom. The lowest BCUT2D eigenvalue weighted by Crippen LogP contribution is -2.53. The van der Waals surface area contributed by atoms with Gasteiger partial charge in [-0.15, -0.1) is 11.3 Å². The number of methoxy groups -OCH3 is 1. The van der Waals surface area contributed by atoms with E-state index in [0.29, 0.717) is 25.9 Å². The molecule has 1 N–H and O–H groups in total. The van der Waals surface area contributed by atoms with Crippen molar-refractivity contribution in [3.63, 3.8) is 0 Å². The van der Waals surface area contributed by atoms with Crippen molar-refractivity contribution < 1.29 is 19.1 Å². The fourth-order valence-electron chi connectivity index (χ4n) is 5.86. The number of allylic oxidation sites excluding steroid dienone is 1. The van der Waals surface area contributed by atoms with Crippen LogP contribution in [0.15, 0.2) is 71.8 Å². The minimum atomic E-state index is -0.928. The summed E-state index contributed by atoms with van der Waals surface area (Å²) in [4.78, 5) is 43.2. The summed E-state index contributed by atoms with van der Waals surface area (Å²) in [5.41, 5.74) is 0.825. The molecule has 2 aliphatic rings. The van der Waals surface area contributed by atoms with Crippen molar-refractivity contribution >= 4 is 39.9 Å². The number of hydrogen-bond donors (Lipinski definition) is 1. The van der Waals surface area contributed by atoms with E-state index in [1.54, 1.807) is 16.2 Å². The SMILES string of the molecule is COC(=O)[C@]12CCCCC=C1N(Cc1cccc3ccccc13)C(=O)[C@H](CC(=O)NCc1cccs1)C2. The first kappa shape index (κ1) is 25.2. The van der Waals surface area contributed by atoms with Crippen molar-refractivity contribution in [2.24, 2.45) is 11.3 Å². The lowest BCUT2D eigenvalue weighted by atomic mass is 9.69. The molecule has 2 aromatic carbocycles. The Kier molecular flexibility index (Phi) is 7.42. The number of amides is 2. The largest absolute Gasteiger partial charge is 0.468 e. The van der Waals surface area contributed by atoms with Crippen molar-refractivity contribution in [2.45, 2.75) is 51.6 Å². The summed E-state index contributed by atoms with van der Waals surface area (Å²) in [7, 11) is 1.41. The molecule has 0 unspecified atom stereocenters. The van der Waals surface area contributed by atoms with Gasteiger partial charge in [-0.25, -0.2) is 0 Å². The van der Waals surface area contributed by atoms with Gasteiger partial charge >= 0.3 is 5.97 Å². The number of benzene rings is 2. The molecule has 7 heteroatoms. The smallest absolute Gasteiger partial charge is 0.317 e. The van der Waals surface area contributed by atoms with Gasteiger partial charge in [-0.3, -0.25) is 14.4 Å². The molecule has 0 bridgehead atoms. The summed E-state index contributed by atoms with van der Waals surface area (Å²) in [6, 6.07) is 18.1. The van der Waals surface area contributed by atoms with Crippen LogP contribution in [0.5, 0.6) is 0 Å². The Morgan fingerprint density at radius 2 is 1.95 bits per heavy atom. The number of carbonyl (C=O) groups excluding carboxylic acids is 3. The van der Waals surface area contributed by atoms with Crippen molar-refractivity contribution in [3.05, 3.63) is 82.2 Å². The monoisotopic (exact) mass is 516 g/mol. The van der Waals surface area contributed by atoms with Crippen LogP contribution in [0, 0.1) is 11.3 Å². The molecule has 1 aliphatic carbocycles. The summed E-state index contributed by atoms with van der Waals surface area (Å²) in [6.45, 7) is 0.780. The van der Waals surface area contributed by atoms with Crippen LogP contribution in [0.1, 0.15) is 49.0 Å². The number of rotatable bonds is 7. The van der Waals surface area contributed by atoms with E-state index in [1.807, 2.05) is 41.8 Å². The number of piperidine rings is 1. The van der Waals surface area contributed by atoms with Crippen LogP contribution in [-0.2, 0) is 32.2 Å². The maximum absolute atomic E-state index is 14.0. The zero-order valence-electron chi connectivity index (χ0n) is 21.1. The quantitative estimate of drug-likeness (QED) is 0.417. The first-order chi connectivity index (χ1) is 18.0. The molecule has 192 valence electrons. The molecule has 2 heterocycles. The van der Waals surface area contributed by atoms with Crippen molar-refractivity contribution in [2.75, 3.05) is 7.11 Å². The normalized spacial score (nSPS) is 21.6. The van der Waals surface area contributed by atoms with Crippen molar-refractivity contribution in [3.8, 4) is 0 Å². The molecular weight excluding hydrogens is 484 g/mol. The molecule has 0 saturated carbocycles. The second-order valence-electron chi connectivity index (χ2n) is 9.93. The molecule has 1 aromatic heterocycles. The number of thiophene rings is 1. The molecule has 5 rings (SSSR count). The van der Waals surface area contributed by atoms with Gasteiger partial charge in [0.15, 0.2) is 0 Å². The lowest BCUT2D eigenvalue weighted by molar-refractivity contribution is -0.160. The standard InChI is InChI=1S/C30H32N2O4S/c1-36-29(35)30-15-6-2-3-14-26(30)32(20-22-11-7-10-21-9-4-5-13-25(21)22)28(34)23(18-30)17-27(33)31-19-24-12-8-16-37-24/h4-5,7-14,16,23H,2-3,6,15,17-20H2,1H3,(H,31,33)/t23-,30+/m1/s1. The highest BCUT2D eigenvalue weighted by atomic mass is 32.1.